The van der Waals surface area contributed by atoms with E-state index < -0.39 is 23.4 Å². The third kappa shape index (κ3) is 5.51. The molecule has 214 valence electrons. The summed E-state index contributed by atoms with van der Waals surface area (Å²) in [5.74, 6) is 0.380. The first-order chi connectivity index (χ1) is 18.5. The van der Waals surface area contributed by atoms with E-state index in [4.69, 9.17) is 0 Å². The molecule has 0 spiro atoms. The molecule has 0 bridgehead atoms. The van der Waals surface area contributed by atoms with Crippen LogP contribution in [0.25, 0.3) is 12.2 Å². The van der Waals surface area contributed by atoms with Gasteiger partial charge in [-0.15, -0.1) is 6.58 Å². The Hall–Kier alpha value is -2.34. The number of ketones is 2. The van der Waals surface area contributed by atoms with Crippen LogP contribution in [0.5, 0.6) is 0 Å². The Morgan fingerprint density at radius 2 is 1.62 bits per heavy atom. The van der Waals surface area contributed by atoms with E-state index in [-0.39, 0.29) is 41.5 Å². The third-order valence-corrected chi connectivity index (χ3v) is 10.5. The molecule has 4 fully saturated rings. The zero-order chi connectivity index (χ0) is 29.0. The number of carbonyl (C=O) groups is 2. The first-order valence-electron chi connectivity index (χ1n) is 14.5. The van der Waals surface area contributed by atoms with E-state index in [2.05, 4.69) is 26.7 Å². The van der Waals surface area contributed by atoms with Crippen molar-refractivity contribution >= 4 is 23.7 Å². The van der Waals surface area contributed by atoms with Crippen LogP contribution in [0.1, 0.15) is 83.3 Å². The van der Waals surface area contributed by atoms with Crippen molar-refractivity contribution in [3.8, 4) is 0 Å². The van der Waals surface area contributed by atoms with Gasteiger partial charge < -0.3 is 15.3 Å². The van der Waals surface area contributed by atoms with Crippen LogP contribution < -0.4 is 0 Å². The zero-order valence-corrected chi connectivity index (χ0v) is 24.1. The Bertz CT molecular complexity index is 1050. The van der Waals surface area contributed by atoms with Crippen molar-refractivity contribution < 1.29 is 24.9 Å². The van der Waals surface area contributed by atoms with Crippen LogP contribution in [0.2, 0.25) is 0 Å². The quantitative estimate of drug-likeness (QED) is 0.409. The van der Waals surface area contributed by atoms with Crippen molar-refractivity contribution in [1.82, 2.24) is 0 Å². The molecule has 0 aromatic heterocycles. The van der Waals surface area contributed by atoms with E-state index >= 15 is 0 Å². The molecule has 1 aromatic carbocycles. The Kier molecular flexibility index (Phi) is 9.96. The van der Waals surface area contributed by atoms with Gasteiger partial charge in [0.15, 0.2) is 5.78 Å². The van der Waals surface area contributed by atoms with Gasteiger partial charge in [-0.2, -0.15) is 0 Å². The van der Waals surface area contributed by atoms with Gasteiger partial charge in [0.2, 0.25) is 0 Å². The Morgan fingerprint density at radius 1 is 1.03 bits per heavy atom. The monoisotopic (exact) mass is 536 g/mol. The topological polar surface area (TPSA) is 94.8 Å². The SMILES string of the molecule is C=CC.C=Cc1ccccc1C=C.C[C@]12CC[C@@H](O)C[C@H]1CC[C@@H]1[C@@H]2C(=O)C[C@@]2(C)[C@H]1CC[C@]2(O)C(=O)CO. The Labute approximate surface area is 234 Å². The standard InChI is InChI=1S/C21H32O5.C10H10.C3H6/c1-19-7-5-13(23)9-12(19)3-4-14-15-6-8-21(26,17(25)11-22)20(15,2)10-16(24)18(14)19;1-3-9-7-5-6-8-10(9)4-2;1-3-2/h12-15,18,22-23,26H,3-11H2,1-2H3;3-8H,1-2H2;3H,1H2,2H3/t12-,13-,14+,15+,18-,19+,20+,21+;;/m1../s1. The fourth-order valence-electron chi connectivity index (χ4n) is 8.53. The van der Waals surface area contributed by atoms with E-state index in [1.54, 1.807) is 6.08 Å². The number of allylic oxidation sites excluding steroid dienone is 1. The summed E-state index contributed by atoms with van der Waals surface area (Å²) in [6, 6.07) is 8.02. The minimum Gasteiger partial charge on any atom is -0.393 e. The molecule has 3 N–H and O–H groups in total. The number of fused-ring (bicyclic) bond motifs is 5. The molecule has 0 unspecified atom stereocenters. The van der Waals surface area contributed by atoms with Crippen molar-refractivity contribution in [2.45, 2.75) is 83.8 Å². The summed E-state index contributed by atoms with van der Waals surface area (Å²) in [6.07, 6.45) is 10.9. The second-order valence-corrected chi connectivity index (χ2v) is 12.4. The van der Waals surface area contributed by atoms with Crippen LogP contribution in [0.3, 0.4) is 0 Å². The van der Waals surface area contributed by atoms with Crippen LogP contribution in [0.4, 0.5) is 0 Å². The number of aliphatic hydroxyl groups is 3. The van der Waals surface area contributed by atoms with Gasteiger partial charge in [-0.1, -0.05) is 69.5 Å². The Morgan fingerprint density at radius 3 is 2.15 bits per heavy atom. The maximum atomic E-state index is 13.4. The van der Waals surface area contributed by atoms with Gasteiger partial charge in [0.1, 0.15) is 18.0 Å². The number of hydrogen-bond donors (Lipinski definition) is 3. The molecular weight excluding hydrogens is 488 g/mol. The number of rotatable bonds is 4. The molecule has 0 radical (unpaired) electrons. The number of Topliss-reactive ketones (excluding diaryl/α,β-unsaturated/α-hetero) is 2. The lowest BCUT2D eigenvalue weighted by Crippen LogP contribution is -2.62. The summed E-state index contributed by atoms with van der Waals surface area (Å²) in [7, 11) is 0. The molecule has 0 amide bonds. The highest BCUT2D eigenvalue weighted by molar-refractivity contribution is 5.92. The predicted molar refractivity (Wildman–Crippen MR) is 158 cm³/mol. The van der Waals surface area contributed by atoms with Crippen molar-refractivity contribution in [3.05, 3.63) is 61.2 Å². The maximum Gasteiger partial charge on any atom is 0.190 e. The molecule has 0 aliphatic heterocycles. The summed E-state index contributed by atoms with van der Waals surface area (Å²) in [5, 5.41) is 30.6. The third-order valence-electron chi connectivity index (χ3n) is 10.5. The molecule has 1 aromatic rings. The van der Waals surface area contributed by atoms with E-state index in [1.165, 1.54) is 0 Å². The normalized spacial score (nSPS) is 38.3. The molecule has 5 rings (SSSR count). The largest absolute Gasteiger partial charge is 0.393 e. The highest BCUT2D eigenvalue weighted by Gasteiger charge is 2.68. The average molecular weight is 537 g/mol. The molecule has 8 atom stereocenters. The summed E-state index contributed by atoms with van der Waals surface area (Å²) in [5.41, 5.74) is -0.131. The summed E-state index contributed by atoms with van der Waals surface area (Å²) in [4.78, 5) is 25.7. The molecule has 4 aliphatic carbocycles. The number of benzene rings is 1. The maximum absolute atomic E-state index is 13.4. The molecule has 4 saturated carbocycles. The fourth-order valence-corrected chi connectivity index (χ4v) is 8.53. The lowest BCUT2D eigenvalue weighted by Gasteiger charge is -2.60. The molecule has 0 heterocycles. The van der Waals surface area contributed by atoms with Gasteiger partial charge in [0.05, 0.1) is 6.10 Å². The van der Waals surface area contributed by atoms with Gasteiger partial charge in [-0.3, -0.25) is 9.59 Å². The highest BCUT2D eigenvalue weighted by atomic mass is 16.3. The minimum atomic E-state index is -1.58. The van der Waals surface area contributed by atoms with Crippen LogP contribution in [0, 0.1) is 34.5 Å². The first-order valence-corrected chi connectivity index (χ1v) is 14.5. The Balaban J connectivity index is 0.000000270. The molecule has 4 aliphatic rings. The van der Waals surface area contributed by atoms with Gasteiger partial charge in [0, 0.05) is 17.8 Å². The van der Waals surface area contributed by atoms with E-state index in [0.717, 1.165) is 49.7 Å². The predicted octanol–water partition coefficient (Wildman–Crippen LogP) is 6.03. The van der Waals surface area contributed by atoms with Crippen LogP contribution in [0.15, 0.2) is 50.1 Å². The zero-order valence-electron chi connectivity index (χ0n) is 24.1. The van der Waals surface area contributed by atoms with Gasteiger partial charge >= 0.3 is 0 Å². The van der Waals surface area contributed by atoms with E-state index in [9.17, 15) is 24.9 Å². The molecule has 5 heteroatoms. The van der Waals surface area contributed by atoms with Crippen LogP contribution in [-0.2, 0) is 9.59 Å². The first kappa shape index (κ1) is 31.2. The van der Waals surface area contributed by atoms with Crippen LogP contribution in [-0.4, -0.2) is 45.2 Å². The lowest BCUT2D eigenvalue weighted by atomic mass is 9.44. The van der Waals surface area contributed by atoms with Gasteiger partial charge in [-0.05, 0) is 86.2 Å². The number of hydrogen-bond acceptors (Lipinski definition) is 5. The summed E-state index contributed by atoms with van der Waals surface area (Å²) >= 11 is 0. The average Bonchev–Trinajstić information content (AvgIpc) is 3.19. The number of carbonyl (C=O) groups excluding carboxylic acids is 2. The summed E-state index contributed by atoms with van der Waals surface area (Å²) < 4.78 is 0. The molecule has 0 saturated heterocycles. The van der Waals surface area contributed by atoms with Crippen molar-refractivity contribution in [1.29, 1.82) is 0 Å². The van der Waals surface area contributed by atoms with Crippen molar-refractivity contribution in [3.63, 3.8) is 0 Å². The molecule has 39 heavy (non-hydrogen) atoms. The van der Waals surface area contributed by atoms with Crippen LogP contribution >= 0.6 is 0 Å². The minimum absolute atomic E-state index is 0.0154. The lowest BCUT2D eigenvalue weighted by molar-refractivity contribution is -0.180. The molecule has 5 nitrogen and oxygen atoms in total. The van der Waals surface area contributed by atoms with Crippen molar-refractivity contribution in [2.75, 3.05) is 6.61 Å². The van der Waals surface area contributed by atoms with Crippen molar-refractivity contribution in [2.24, 2.45) is 34.5 Å². The number of aliphatic hydroxyl groups excluding tert-OH is 2. The van der Waals surface area contributed by atoms with E-state index in [0.29, 0.717) is 12.3 Å². The summed E-state index contributed by atoms with van der Waals surface area (Å²) in [6.45, 7) is 16.1. The van der Waals surface area contributed by atoms with Gasteiger partial charge in [0.25, 0.3) is 0 Å². The smallest absolute Gasteiger partial charge is 0.190 e. The van der Waals surface area contributed by atoms with E-state index in [1.807, 2.05) is 50.3 Å². The highest BCUT2D eigenvalue weighted by Crippen LogP contribution is 2.67. The fraction of sp³-hybridized carbons (Fsp3) is 0.588. The second kappa shape index (κ2) is 12.4. The van der Waals surface area contributed by atoms with Gasteiger partial charge in [-0.25, -0.2) is 0 Å². The molecular formula is C34H48O5. The second-order valence-electron chi connectivity index (χ2n) is 12.4.